The molecular formula is C60H48N2S4. The summed E-state index contributed by atoms with van der Waals surface area (Å²) < 4.78 is 9.82. The van der Waals surface area contributed by atoms with Gasteiger partial charge in [0.1, 0.15) is 0 Å². The van der Waals surface area contributed by atoms with Crippen molar-refractivity contribution >= 4 is 107 Å². The number of fused-ring (bicyclic) bond motifs is 14. The highest BCUT2D eigenvalue weighted by molar-refractivity contribution is 7.33. The number of nitrogens with zero attached hydrogens (tertiary/aromatic N) is 2. The van der Waals surface area contributed by atoms with Gasteiger partial charge in [-0.15, -0.1) is 45.3 Å². The number of thiophene rings is 4. The summed E-state index contributed by atoms with van der Waals surface area (Å²) >= 11 is 7.40. The van der Waals surface area contributed by atoms with E-state index in [1.807, 2.05) is 45.3 Å². The molecule has 7 heterocycles. The molecule has 6 heteroatoms. The van der Waals surface area contributed by atoms with Gasteiger partial charge in [-0.05, 0) is 173 Å². The molecule has 2 nitrogen and oxygen atoms in total. The van der Waals surface area contributed by atoms with Crippen molar-refractivity contribution in [3.63, 3.8) is 0 Å². The molecule has 322 valence electrons. The van der Waals surface area contributed by atoms with Gasteiger partial charge in [-0.3, -0.25) is 0 Å². The van der Waals surface area contributed by atoms with E-state index in [0.717, 1.165) is 45.0 Å². The monoisotopic (exact) mass is 924 g/mol. The average molecular weight is 925 g/mol. The number of benzene rings is 4. The van der Waals surface area contributed by atoms with Gasteiger partial charge in [-0.25, -0.2) is 9.97 Å². The van der Waals surface area contributed by atoms with Gasteiger partial charge >= 0.3 is 0 Å². The van der Waals surface area contributed by atoms with E-state index in [1.54, 1.807) is 0 Å². The van der Waals surface area contributed by atoms with Crippen LogP contribution in [-0.2, 0) is 0 Å². The van der Waals surface area contributed by atoms with Gasteiger partial charge < -0.3 is 0 Å². The van der Waals surface area contributed by atoms with Gasteiger partial charge in [-0.2, -0.15) is 0 Å². The molecule has 0 spiro atoms. The van der Waals surface area contributed by atoms with E-state index in [-0.39, 0.29) is 0 Å². The summed E-state index contributed by atoms with van der Waals surface area (Å²) in [7, 11) is 0. The van der Waals surface area contributed by atoms with Crippen LogP contribution in [0.1, 0.15) is 67.3 Å². The van der Waals surface area contributed by atoms with Crippen LogP contribution in [0.4, 0.5) is 0 Å². The lowest BCUT2D eigenvalue weighted by Gasteiger charge is -2.13. The van der Waals surface area contributed by atoms with Crippen LogP contribution in [0.2, 0.25) is 0 Å². The van der Waals surface area contributed by atoms with Crippen LogP contribution in [0, 0.1) is 55.4 Å². The maximum Gasteiger partial charge on any atom is 0.0730 e. The van der Waals surface area contributed by atoms with Gasteiger partial charge in [0, 0.05) is 59.9 Å². The summed E-state index contributed by atoms with van der Waals surface area (Å²) in [5.74, 6) is 0. The lowest BCUT2D eigenvalue weighted by Crippen LogP contribution is -1.93. The van der Waals surface area contributed by atoms with E-state index >= 15 is 0 Å². The lowest BCUT2D eigenvalue weighted by molar-refractivity contribution is 1.29. The quantitative estimate of drug-likeness (QED) is 0.176. The fourth-order valence-corrected chi connectivity index (χ4v) is 14.4. The van der Waals surface area contributed by atoms with Crippen molar-refractivity contribution in [2.75, 3.05) is 0 Å². The van der Waals surface area contributed by atoms with Crippen LogP contribution in [0.15, 0.2) is 121 Å². The van der Waals surface area contributed by atoms with Crippen molar-refractivity contribution in [1.82, 2.24) is 9.97 Å². The predicted octanol–water partition coefficient (Wildman–Crippen LogP) is 18.8. The van der Waals surface area contributed by atoms with E-state index < -0.39 is 0 Å². The first kappa shape index (κ1) is 42.4. The average Bonchev–Trinajstić information content (AvgIpc) is 4.14. The molecule has 0 N–H and O–H groups in total. The van der Waals surface area contributed by atoms with Crippen molar-refractivity contribution in [2.24, 2.45) is 0 Å². The maximum atomic E-state index is 5.65. The normalized spacial score (nSPS) is 12.1. The van der Waals surface area contributed by atoms with Crippen molar-refractivity contribution in [2.45, 2.75) is 55.4 Å². The Morgan fingerprint density at radius 1 is 0.258 bits per heavy atom. The molecule has 0 saturated heterocycles. The Balaban J connectivity index is 1.33. The second kappa shape index (κ2) is 16.9. The highest BCUT2D eigenvalue weighted by Crippen LogP contribution is 2.45. The maximum absolute atomic E-state index is 5.65. The minimum Gasteiger partial charge on any atom is -0.248 e. The molecule has 9 aromatic rings. The number of hydrogen-bond acceptors (Lipinski definition) is 6. The van der Waals surface area contributed by atoms with Crippen LogP contribution in [-0.4, -0.2) is 9.97 Å². The van der Waals surface area contributed by atoms with E-state index in [2.05, 4.69) is 201 Å². The molecule has 66 heavy (non-hydrogen) atoms. The number of aryl methyl sites for hydroxylation is 8. The zero-order chi connectivity index (χ0) is 45.4. The molecule has 0 saturated carbocycles. The minimum atomic E-state index is 0.977. The highest BCUT2D eigenvalue weighted by atomic mass is 32.1. The summed E-state index contributed by atoms with van der Waals surface area (Å²) in [6, 6.07) is 45.5. The van der Waals surface area contributed by atoms with E-state index in [1.165, 1.54) is 104 Å². The van der Waals surface area contributed by atoms with Crippen LogP contribution in [0.5, 0.6) is 0 Å². The van der Waals surface area contributed by atoms with Crippen LogP contribution >= 0.6 is 45.3 Å². The van der Waals surface area contributed by atoms with Gasteiger partial charge in [0.2, 0.25) is 0 Å². The molecule has 4 aromatic carbocycles. The van der Waals surface area contributed by atoms with Gasteiger partial charge in [0.15, 0.2) is 0 Å². The Morgan fingerprint density at radius 2 is 0.515 bits per heavy atom. The van der Waals surface area contributed by atoms with Crippen LogP contribution < -0.4 is 0 Å². The van der Waals surface area contributed by atoms with Crippen molar-refractivity contribution in [1.29, 1.82) is 0 Å². The first-order valence-electron chi connectivity index (χ1n) is 22.4. The Labute approximate surface area is 403 Å². The number of hydrogen-bond donors (Lipinski definition) is 0. The fraction of sp³-hybridized carbons (Fsp3) is 0.133. The first-order chi connectivity index (χ1) is 31.9. The highest BCUT2D eigenvalue weighted by Gasteiger charge is 2.21. The lowest BCUT2D eigenvalue weighted by atomic mass is 9.93. The van der Waals surface area contributed by atoms with Crippen LogP contribution in [0.25, 0.3) is 106 Å². The standard InChI is InChI=1S/C60H48N2S4/c1-33-9-13-41(14-10-33)57-43-17-19-45(61-43)59(55-37(5)29-35(3)30-38(55)6)53-27-28-54(66-53)60(56-39(7)31-36(4)32-40(56)8)46-20-18-44(62-46)58(42-15-11-34(2)12-16-42)52-26-24-50(65-52)48-22-21-47(63-48)49-23-25-51(57)64-49/h9-32H,1-8H3. The van der Waals surface area contributed by atoms with E-state index in [9.17, 15) is 0 Å². The second-order valence-electron chi connectivity index (χ2n) is 17.9. The largest absolute Gasteiger partial charge is 0.248 e. The summed E-state index contributed by atoms with van der Waals surface area (Å²) in [5.41, 5.74) is 23.3. The summed E-state index contributed by atoms with van der Waals surface area (Å²) in [5, 5.41) is 0. The number of aromatic nitrogens is 2. The third-order valence-corrected chi connectivity index (χ3v) is 17.5. The summed E-state index contributed by atoms with van der Waals surface area (Å²) in [6.07, 6.45) is 8.96. The van der Waals surface area contributed by atoms with Crippen LogP contribution in [0.3, 0.4) is 0 Å². The Kier molecular flexibility index (Phi) is 10.8. The first-order valence-corrected chi connectivity index (χ1v) is 25.7. The van der Waals surface area contributed by atoms with Gasteiger partial charge in [0.25, 0.3) is 0 Å². The zero-order valence-corrected chi connectivity index (χ0v) is 41.6. The van der Waals surface area contributed by atoms with Gasteiger partial charge in [-0.1, -0.05) is 95.1 Å². The molecule has 2 aliphatic heterocycles. The van der Waals surface area contributed by atoms with Crippen molar-refractivity contribution in [3.05, 3.63) is 189 Å². The third kappa shape index (κ3) is 7.66. The Morgan fingerprint density at radius 3 is 0.848 bits per heavy atom. The molecule has 11 rings (SSSR count). The third-order valence-electron chi connectivity index (χ3n) is 12.7. The molecule has 12 bridgehead atoms. The zero-order valence-electron chi connectivity index (χ0n) is 38.4. The Bertz CT molecular complexity index is 3480. The summed E-state index contributed by atoms with van der Waals surface area (Å²) in [4.78, 5) is 11.3. The molecule has 0 fully saturated rings. The molecule has 0 atom stereocenters. The SMILES string of the molecule is Cc1ccc(-c2c3nc(c(-c4c(C)cc(C)cc4C)c4ccc(s4)c(-c4c(C)cc(C)cc4C)c4nc(c(-c5ccc(C)cc5)c5ccc(s5)c5ccc(s5)c5ccc2s5)C=C4)C=C3)cc1. The molecule has 5 aromatic heterocycles. The molecular weight excluding hydrogens is 877 g/mol. The van der Waals surface area contributed by atoms with E-state index in [0.29, 0.717) is 0 Å². The fourth-order valence-electron chi connectivity index (χ4n) is 9.88. The van der Waals surface area contributed by atoms with Crippen molar-refractivity contribution < 1.29 is 0 Å². The minimum absolute atomic E-state index is 0.977. The molecule has 0 amide bonds. The van der Waals surface area contributed by atoms with E-state index in [4.69, 9.17) is 9.97 Å². The smallest absolute Gasteiger partial charge is 0.0730 e. The summed E-state index contributed by atoms with van der Waals surface area (Å²) in [6.45, 7) is 17.7. The molecule has 2 aliphatic rings. The molecule has 0 unspecified atom stereocenters. The second-order valence-corrected chi connectivity index (χ2v) is 22.2. The predicted molar refractivity (Wildman–Crippen MR) is 294 cm³/mol. The van der Waals surface area contributed by atoms with Crippen molar-refractivity contribution in [3.8, 4) is 44.5 Å². The van der Waals surface area contributed by atoms with Gasteiger partial charge in [0.05, 0.1) is 22.8 Å². The Hall–Kier alpha value is -6.28. The number of rotatable bonds is 4. The molecule has 0 radical (unpaired) electrons. The topological polar surface area (TPSA) is 25.8 Å². The molecule has 0 aliphatic carbocycles.